The van der Waals surface area contributed by atoms with E-state index in [2.05, 4.69) is 20.8 Å². The standard InChI is InChI=1S/C10H19N5O/c1-4-5-10(16)11-7-6-9-12-13-14-15(9)8(2)3/h8H,4-7H2,1-3H3,(H,11,16). The Hall–Kier alpha value is -1.46. The van der Waals surface area contributed by atoms with Crippen LogP contribution in [0.15, 0.2) is 0 Å². The summed E-state index contributed by atoms with van der Waals surface area (Å²) >= 11 is 0. The number of nitrogens with one attached hydrogen (secondary N) is 1. The molecular formula is C10H19N5O. The molecule has 0 aromatic carbocycles. The zero-order valence-electron chi connectivity index (χ0n) is 10.1. The Morgan fingerprint density at radius 3 is 2.88 bits per heavy atom. The maximum Gasteiger partial charge on any atom is 0.219 e. The molecule has 6 nitrogen and oxygen atoms in total. The fourth-order valence-electron chi connectivity index (χ4n) is 1.41. The Morgan fingerprint density at radius 2 is 2.25 bits per heavy atom. The van der Waals surface area contributed by atoms with Crippen LogP contribution in [-0.2, 0) is 11.2 Å². The maximum absolute atomic E-state index is 11.2. The molecule has 0 aliphatic rings. The summed E-state index contributed by atoms with van der Waals surface area (Å²) in [6, 6.07) is 0.247. The van der Waals surface area contributed by atoms with E-state index >= 15 is 0 Å². The third kappa shape index (κ3) is 3.60. The number of hydrogen-bond donors (Lipinski definition) is 1. The number of amides is 1. The number of aromatic nitrogens is 4. The van der Waals surface area contributed by atoms with Gasteiger partial charge in [0.2, 0.25) is 5.91 Å². The minimum Gasteiger partial charge on any atom is -0.356 e. The summed E-state index contributed by atoms with van der Waals surface area (Å²) in [4.78, 5) is 11.2. The van der Waals surface area contributed by atoms with Gasteiger partial charge in [0.25, 0.3) is 0 Å². The van der Waals surface area contributed by atoms with Crippen LogP contribution < -0.4 is 5.32 Å². The van der Waals surface area contributed by atoms with Crippen molar-refractivity contribution in [3.63, 3.8) is 0 Å². The molecule has 1 amide bonds. The third-order valence-corrected chi connectivity index (χ3v) is 2.20. The second-order valence-electron chi connectivity index (χ2n) is 3.98. The van der Waals surface area contributed by atoms with Crippen LogP contribution in [0.25, 0.3) is 0 Å². The fraction of sp³-hybridized carbons (Fsp3) is 0.800. The molecule has 0 saturated heterocycles. The number of carbonyl (C=O) groups is 1. The summed E-state index contributed by atoms with van der Waals surface area (Å²) in [6.07, 6.45) is 2.12. The molecule has 0 radical (unpaired) electrons. The topological polar surface area (TPSA) is 72.7 Å². The van der Waals surface area contributed by atoms with Crippen molar-refractivity contribution in [1.29, 1.82) is 0 Å². The van der Waals surface area contributed by atoms with Crippen molar-refractivity contribution in [3.05, 3.63) is 5.82 Å². The zero-order valence-corrected chi connectivity index (χ0v) is 10.1. The molecule has 0 aliphatic heterocycles. The van der Waals surface area contributed by atoms with Crippen molar-refractivity contribution in [2.45, 2.75) is 46.1 Å². The van der Waals surface area contributed by atoms with Crippen molar-refractivity contribution in [1.82, 2.24) is 25.5 Å². The smallest absolute Gasteiger partial charge is 0.219 e. The molecule has 0 fully saturated rings. The van der Waals surface area contributed by atoms with E-state index < -0.39 is 0 Å². The molecule has 0 spiro atoms. The molecule has 1 aromatic rings. The van der Waals surface area contributed by atoms with E-state index in [4.69, 9.17) is 0 Å². The van der Waals surface area contributed by atoms with Crippen molar-refractivity contribution < 1.29 is 4.79 Å². The average molecular weight is 225 g/mol. The van der Waals surface area contributed by atoms with Gasteiger partial charge in [-0.15, -0.1) is 5.10 Å². The Balaban J connectivity index is 2.37. The highest BCUT2D eigenvalue weighted by Crippen LogP contribution is 2.03. The molecule has 90 valence electrons. The first-order chi connectivity index (χ1) is 7.65. The predicted molar refractivity (Wildman–Crippen MR) is 59.8 cm³/mol. The first-order valence-corrected chi connectivity index (χ1v) is 5.68. The van der Waals surface area contributed by atoms with Gasteiger partial charge in [-0.25, -0.2) is 4.68 Å². The molecule has 6 heteroatoms. The second-order valence-corrected chi connectivity index (χ2v) is 3.98. The highest BCUT2D eigenvalue weighted by Gasteiger charge is 2.08. The molecular weight excluding hydrogens is 206 g/mol. The van der Waals surface area contributed by atoms with Gasteiger partial charge in [-0.3, -0.25) is 4.79 Å². The number of carbonyl (C=O) groups excluding carboxylic acids is 1. The Labute approximate surface area is 95.4 Å². The summed E-state index contributed by atoms with van der Waals surface area (Å²) in [5.41, 5.74) is 0. The van der Waals surface area contributed by atoms with Crippen LogP contribution in [0.3, 0.4) is 0 Å². The van der Waals surface area contributed by atoms with Gasteiger partial charge >= 0.3 is 0 Å². The lowest BCUT2D eigenvalue weighted by Gasteiger charge is -2.08. The molecule has 0 saturated carbocycles. The first kappa shape index (κ1) is 12.6. The van der Waals surface area contributed by atoms with Gasteiger partial charge in [-0.1, -0.05) is 6.92 Å². The van der Waals surface area contributed by atoms with E-state index in [1.165, 1.54) is 0 Å². The van der Waals surface area contributed by atoms with E-state index in [9.17, 15) is 4.79 Å². The quantitative estimate of drug-likeness (QED) is 0.774. The minimum atomic E-state index is 0.0890. The fourth-order valence-corrected chi connectivity index (χ4v) is 1.41. The van der Waals surface area contributed by atoms with Crippen molar-refractivity contribution in [2.75, 3.05) is 6.54 Å². The lowest BCUT2D eigenvalue weighted by Crippen LogP contribution is -2.26. The summed E-state index contributed by atoms with van der Waals surface area (Å²) in [6.45, 7) is 6.62. The van der Waals surface area contributed by atoms with Crippen molar-refractivity contribution >= 4 is 5.91 Å². The first-order valence-electron chi connectivity index (χ1n) is 5.68. The molecule has 1 N–H and O–H groups in total. The van der Waals surface area contributed by atoms with Crippen LogP contribution in [0.5, 0.6) is 0 Å². The number of hydrogen-bond acceptors (Lipinski definition) is 4. The minimum absolute atomic E-state index is 0.0890. The lowest BCUT2D eigenvalue weighted by atomic mass is 10.3. The lowest BCUT2D eigenvalue weighted by molar-refractivity contribution is -0.121. The van der Waals surface area contributed by atoms with Crippen LogP contribution in [0.2, 0.25) is 0 Å². The molecule has 1 rings (SSSR count). The predicted octanol–water partition coefficient (Wildman–Crippen LogP) is 0.713. The summed E-state index contributed by atoms with van der Waals surface area (Å²) in [7, 11) is 0. The molecule has 16 heavy (non-hydrogen) atoms. The molecule has 0 unspecified atom stereocenters. The molecule has 1 heterocycles. The molecule has 0 atom stereocenters. The largest absolute Gasteiger partial charge is 0.356 e. The average Bonchev–Trinajstić information content (AvgIpc) is 2.66. The molecule has 0 bridgehead atoms. The zero-order chi connectivity index (χ0) is 12.0. The van der Waals surface area contributed by atoms with Crippen LogP contribution in [0.4, 0.5) is 0 Å². The van der Waals surface area contributed by atoms with Gasteiger partial charge in [0, 0.05) is 19.4 Å². The van der Waals surface area contributed by atoms with Gasteiger partial charge in [-0.2, -0.15) is 0 Å². The van der Waals surface area contributed by atoms with Crippen LogP contribution in [-0.4, -0.2) is 32.7 Å². The van der Waals surface area contributed by atoms with Gasteiger partial charge in [0.05, 0.1) is 6.04 Å². The molecule has 1 aromatic heterocycles. The van der Waals surface area contributed by atoms with E-state index in [0.29, 0.717) is 19.4 Å². The summed E-state index contributed by atoms with van der Waals surface area (Å²) in [5.74, 6) is 0.901. The highest BCUT2D eigenvalue weighted by atomic mass is 16.1. The maximum atomic E-state index is 11.2. The Bertz CT molecular complexity index is 334. The van der Waals surface area contributed by atoms with E-state index in [1.54, 1.807) is 4.68 Å². The van der Waals surface area contributed by atoms with Crippen molar-refractivity contribution in [2.24, 2.45) is 0 Å². The Kier molecular flexibility index (Phi) is 4.88. The van der Waals surface area contributed by atoms with Crippen molar-refractivity contribution in [3.8, 4) is 0 Å². The number of rotatable bonds is 6. The van der Waals surface area contributed by atoms with Gasteiger partial charge in [0.1, 0.15) is 0 Å². The SMILES string of the molecule is CCCC(=O)NCCc1nnnn1C(C)C. The van der Waals surface area contributed by atoms with Gasteiger partial charge in [-0.05, 0) is 30.7 Å². The van der Waals surface area contributed by atoms with Crippen LogP contribution in [0, 0.1) is 0 Å². The summed E-state index contributed by atoms with van der Waals surface area (Å²) in [5, 5.41) is 14.3. The number of nitrogens with zero attached hydrogens (tertiary/aromatic N) is 4. The van der Waals surface area contributed by atoms with Gasteiger partial charge < -0.3 is 5.32 Å². The molecule has 0 aliphatic carbocycles. The summed E-state index contributed by atoms with van der Waals surface area (Å²) < 4.78 is 1.77. The normalized spacial score (nSPS) is 10.8. The highest BCUT2D eigenvalue weighted by molar-refractivity contribution is 5.75. The monoisotopic (exact) mass is 225 g/mol. The number of tetrazole rings is 1. The van der Waals surface area contributed by atoms with E-state index in [0.717, 1.165) is 12.2 Å². The second kappa shape index (κ2) is 6.19. The van der Waals surface area contributed by atoms with E-state index in [1.807, 2.05) is 20.8 Å². The van der Waals surface area contributed by atoms with Crippen LogP contribution >= 0.6 is 0 Å². The van der Waals surface area contributed by atoms with Gasteiger partial charge in [0.15, 0.2) is 5.82 Å². The Morgan fingerprint density at radius 1 is 1.50 bits per heavy atom. The van der Waals surface area contributed by atoms with Crippen LogP contribution in [0.1, 0.15) is 45.5 Å². The van der Waals surface area contributed by atoms with E-state index in [-0.39, 0.29) is 11.9 Å². The third-order valence-electron chi connectivity index (χ3n) is 2.20.